The summed E-state index contributed by atoms with van der Waals surface area (Å²) in [5.41, 5.74) is -0.362. The summed E-state index contributed by atoms with van der Waals surface area (Å²) in [6, 6.07) is 1.81. The number of nitrogens with one attached hydrogen (secondary N) is 1. The zero-order valence-corrected chi connectivity index (χ0v) is 11.4. The van der Waals surface area contributed by atoms with Gasteiger partial charge in [-0.2, -0.15) is 0 Å². The Balaban J connectivity index is 2.06. The molecule has 1 saturated heterocycles. The first-order valence-corrected chi connectivity index (χ1v) is 6.88. The maximum absolute atomic E-state index is 13.6. The summed E-state index contributed by atoms with van der Waals surface area (Å²) in [5, 5.41) is 3.26. The summed E-state index contributed by atoms with van der Waals surface area (Å²) in [5.74, 6) is -4.27. The van der Waals surface area contributed by atoms with Crippen molar-refractivity contribution in [1.82, 2.24) is 5.32 Å². The van der Waals surface area contributed by atoms with Crippen LogP contribution < -0.4 is 5.32 Å². The highest BCUT2D eigenvalue weighted by Crippen LogP contribution is 2.25. The Kier molecular flexibility index (Phi) is 4.81. The predicted octanol–water partition coefficient (Wildman–Crippen LogP) is 3.31. The number of hydrogen-bond donors (Lipinski definition) is 1. The van der Waals surface area contributed by atoms with Gasteiger partial charge in [-0.15, -0.1) is 0 Å². The molecular formula is C15H18F3NO. The van der Waals surface area contributed by atoms with E-state index in [0.717, 1.165) is 38.1 Å². The largest absolute Gasteiger partial charge is 0.316 e. The van der Waals surface area contributed by atoms with E-state index in [0.29, 0.717) is 5.92 Å². The maximum atomic E-state index is 13.6. The maximum Gasteiger partial charge on any atom is 0.195 e. The number of benzene rings is 1. The van der Waals surface area contributed by atoms with Gasteiger partial charge in [-0.25, -0.2) is 13.2 Å². The minimum atomic E-state index is -1.58. The topological polar surface area (TPSA) is 29.1 Å². The summed E-state index contributed by atoms with van der Waals surface area (Å²) >= 11 is 0. The molecule has 0 bridgehead atoms. The van der Waals surface area contributed by atoms with Gasteiger partial charge in [-0.3, -0.25) is 4.79 Å². The van der Waals surface area contributed by atoms with Gasteiger partial charge in [0.25, 0.3) is 0 Å². The molecule has 1 aromatic carbocycles. The van der Waals surface area contributed by atoms with Gasteiger partial charge in [0, 0.05) is 6.42 Å². The highest BCUT2D eigenvalue weighted by Gasteiger charge is 2.25. The molecule has 2 unspecified atom stereocenters. The van der Waals surface area contributed by atoms with E-state index in [2.05, 4.69) is 5.32 Å². The summed E-state index contributed by atoms with van der Waals surface area (Å²) in [4.78, 5) is 12.0. The average molecular weight is 285 g/mol. The lowest BCUT2D eigenvalue weighted by molar-refractivity contribution is 0.0937. The molecule has 2 nitrogen and oxygen atoms in total. The molecule has 1 heterocycles. The number of halogens is 3. The van der Waals surface area contributed by atoms with E-state index < -0.39 is 23.2 Å². The predicted molar refractivity (Wildman–Crippen MR) is 70.0 cm³/mol. The van der Waals surface area contributed by atoms with Crippen molar-refractivity contribution in [2.45, 2.75) is 26.2 Å². The van der Waals surface area contributed by atoms with E-state index in [1.54, 1.807) is 0 Å². The Morgan fingerprint density at radius 2 is 2.10 bits per heavy atom. The fraction of sp³-hybridized carbons (Fsp3) is 0.533. The Bertz CT molecular complexity index is 498. The van der Waals surface area contributed by atoms with Crippen LogP contribution in [0.15, 0.2) is 12.1 Å². The van der Waals surface area contributed by atoms with E-state index >= 15 is 0 Å². The van der Waals surface area contributed by atoms with Crippen LogP contribution in [0.5, 0.6) is 0 Å². The van der Waals surface area contributed by atoms with Crippen LogP contribution in [0.4, 0.5) is 13.2 Å². The van der Waals surface area contributed by atoms with Crippen LogP contribution in [0.3, 0.4) is 0 Å². The van der Waals surface area contributed by atoms with Crippen LogP contribution in [0.2, 0.25) is 0 Å². The molecule has 110 valence electrons. The lowest BCUT2D eigenvalue weighted by atomic mass is 9.83. The van der Waals surface area contributed by atoms with Crippen LogP contribution >= 0.6 is 0 Å². The molecule has 0 aliphatic carbocycles. The number of ketones is 1. The number of carbonyl (C=O) groups excluding carboxylic acids is 1. The number of carbonyl (C=O) groups is 1. The second-order valence-electron chi connectivity index (χ2n) is 5.43. The Labute approximate surface area is 116 Å². The van der Waals surface area contributed by atoms with Crippen LogP contribution in [-0.2, 0) is 0 Å². The quantitative estimate of drug-likeness (QED) is 0.679. The van der Waals surface area contributed by atoms with Crippen molar-refractivity contribution < 1.29 is 18.0 Å². The lowest BCUT2D eigenvalue weighted by Gasteiger charge is -2.28. The Morgan fingerprint density at radius 3 is 2.75 bits per heavy atom. The number of hydrogen-bond acceptors (Lipinski definition) is 2. The molecule has 20 heavy (non-hydrogen) atoms. The molecular weight excluding hydrogens is 267 g/mol. The SMILES string of the molecule is CC(CC(=O)c1ccc(F)c(F)c1F)C1CCCNC1. The van der Waals surface area contributed by atoms with Crippen molar-refractivity contribution in [3.63, 3.8) is 0 Å². The van der Waals surface area contributed by atoms with E-state index in [1.807, 2.05) is 6.92 Å². The number of piperidine rings is 1. The normalized spacial score (nSPS) is 20.7. The molecule has 0 radical (unpaired) electrons. The summed E-state index contributed by atoms with van der Waals surface area (Å²) in [6.45, 7) is 3.76. The number of Topliss-reactive ketones (excluding diaryl/α,β-unsaturated/α-hetero) is 1. The third kappa shape index (κ3) is 3.20. The molecule has 0 saturated carbocycles. The Hall–Kier alpha value is -1.36. The van der Waals surface area contributed by atoms with Crippen LogP contribution in [0.25, 0.3) is 0 Å². The van der Waals surface area contributed by atoms with E-state index in [4.69, 9.17) is 0 Å². The molecule has 1 aliphatic rings. The van der Waals surface area contributed by atoms with Crippen molar-refractivity contribution in [1.29, 1.82) is 0 Å². The second-order valence-corrected chi connectivity index (χ2v) is 5.43. The summed E-state index contributed by atoms with van der Waals surface area (Å²) in [7, 11) is 0. The molecule has 1 fully saturated rings. The minimum Gasteiger partial charge on any atom is -0.316 e. The summed E-state index contributed by atoms with van der Waals surface area (Å²) in [6.07, 6.45) is 2.23. The number of rotatable bonds is 4. The van der Waals surface area contributed by atoms with Crippen molar-refractivity contribution in [2.75, 3.05) is 13.1 Å². The van der Waals surface area contributed by atoms with Crippen LogP contribution in [0.1, 0.15) is 36.5 Å². The molecule has 2 atom stereocenters. The smallest absolute Gasteiger partial charge is 0.195 e. The third-order valence-electron chi connectivity index (χ3n) is 3.98. The zero-order chi connectivity index (χ0) is 14.7. The average Bonchev–Trinajstić information content (AvgIpc) is 2.45. The zero-order valence-electron chi connectivity index (χ0n) is 11.4. The van der Waals surface area contributed by atoms with Crippen molar-refractivity contribution in [3.8, 4) is 0 Å². The van der Waals surface area contributed by atoms with Gasteiger partial charge < -0.3 is 5.32 Å². The van der Waals surface area contributed by atoms with Gasteiger partial charge in [-0.1, -0.05) is 6.92 Å². The first-order valence-electron chi connectivity index (χ1n) is 6.88. The minimum absolute atomic E-state index is 0.0859. The molecule has 0 spiro atoms. The first-order chi connectivity index (χ1) is 9.50. The molecule has 1 aliphatic heterocycles. The van der Waals surface area contributed by atoms with Crippen LogP contribution in [-0.4, -0.2) is 18.9 Å². The molecule has 5 heteroatoms. The van der Waals surface area contributed by atoms with Gasteiger partial charge in [0.15, 0.2) is 23.2 Å². The molecule has 2 rings (SSSR count). The van der Waals surface area contributed by atoms with Crippen molar-refractivity contribution in [2.24, 2.45) is 11.8 Å². The molecule has 0 amide bonds. The van der Waals surface area contributed by atoms with E-state index in [1.165, 1.54) is 0 Å². The standard InChI is InChI=1S/C15H18F3NO/c1-9(10-3-2-6-19-8-10)7-13(20)11-4-5-12(16)15(18)14(11)17/h4-5,9-10,19H,2-3,6-8H2,1H3. The van der Waals surface area contributed by atoms with Crippen LogP contribution in [0, 0.1) is 29.3 Å². The van der Waals surface area contributed by atoms with Gasteiger partial charge in [-0.05, 0) is 49.9 Å². The van der Waals surface area contributed by atoms with Gasteiger partial charge in [0.2, 0.25) is 0 Å². The monoisotopic (exact) mass is 285 g/mol. The Morgan fingerprint density at radius 1 is 1.35 bits per heavy atom. The summed E-state index contributed by atoms with van der Waals surface area (Å²) < 4.78 is 39.5. The highest BCUT2D eigenvalue weighted by molar-refractivity contribution is 5.96. The molecule has 0 aromatic heterocycles. The van der Waals surface area contributed by atoms with Gasteiger partial charge in [0.05, 0.1) is 5.56 Å². The molecule has 1 N–H and O–H groups in total. The van der Waals surface area contributed by atoms with Gasteiger partial charge >= 0.3 is 0 Å². The lowest BCUT2D eigenvalue weighted by Crippen LogP contribution is -2.34. The second kappa shape index (κ2) is 6.39. The molecule has 1 aromatic rings. The fourth-order valence-electron chi connectivity index (χ4n) is 2.67. The van der Waals surface area contributed by atoms with Crippen molar-refractivity contribution >= 4 is 5.78 Å². The fourth-order valence-corrected chi connectivity index (χ4v) is 2.67. The third-order valence-corrected chi connectivity index (χ3v) is 3.98. The van der Waals surface area contributed by atoms with Crippen molar-refractivity contribution in [3.05, 3.63) is 35.1 Å². The van der Waals surface area contributed by atoms with E-state index in [9.17, 15) is 18.0 Å². The first kappa shape index (κ1) is 15.0. The van der Waals surface area contributed by atoms with E-state index in [-0.39, 0.29) is 17.9 Å². The van der Waals surface area contributed by atoms with Gasteiger partial charge in [0.1, 0.15) is 0 Å². The highest BCUT2D eigenvalue weighted by atomic mass is 19.2.